The lowest BCUT2D eigenvalue weighted by atomic mass is 10.1. The summed E-state index contributed by atoms with van der Waals surface area (Å²) in [5, 5.41) is 8.50. The lowest BCUT2D eigenvalue weighted by Crippen LogP contribution is -2.49. The molecule has 0 aromatic carbocycles. The summed E-state index contributed by atoms with van der Waals surface area (Å²) < 4.78 is 2.04. The SMILES string of the molecule is C[C@@H]1CN(c2cc(CC3CC3)c3ncc(-c4ccncc4)n3n2)CCN1. The van der Waals surface area contributed by atoms with Gasteiger partial charge in [0.15, 0.2) is 5.65 Å². The molecule has 3 aromatic heterocycles. The molecule has 1 N–H and O–H groups in total. The van der Waals surface area contributed by atoms with Crippen LogP contribution in [0.2, 0.25) is 0 Å². The predicted molar refractivity (Wildman–Crippen MR) is 102 cm³/mol. The van der Waals surface area contributed by atoms with Gasteiger partial charge in [0.2, 0.25) is 0 Å². The molecule has 2 aliphatic rings. The molecule has 26 heavy (non-hydrogen) atoms. The van der Waals surface area contributed by atoms with Crippen molar-refractivity contribution >= 4 is 11.5 Å². The molecular formula is C20H24N6. The van der Waals surface area contributed by atoms with E-state index < -0.39 is 0 Å². The number of rotatable bonds is 4. The zero-order valence-electron chi connectivity index (χ0n) is 15.1. The fourth-order valence-corrected chi connectivity index (χ4v) is 3.82. The number of imidazole rings is 1. The molecule has 0 amide bonds. The number of fused-ring (bicyclic) bond motifs is 1. The van der Waals surface area contributed by atoms with Crippen LogP contribution < -0.4 is 10.2 Å². The van der Waals surface area contributed by atoms with Crippen LogP contribution in [0.5, 0.6) is 0 Å². The van der Waals surface area contributed by atoms with Crippen LogP contribution in [0.15, 0.2) is 36.8 Å². The van der Waals surface area contributed by atoms with Gasteiger partial charge in [-0.3, -0.25) is 4.98 Å². The molecule has 2 fully saturated rings. The maximum absolute atomic E-state index is 4.99. The van der Waals surface area contributed by atoms with Gasteiger partial charge in [-0.1, -0.05) is 0 Å². The van der Waals surface area contributed by atoms with E-state index in [1.165, 1.54) is 18.4 Å². The first-order valence-electron chi connectivity index (χ1n) is 9.54. The lowest BCUT2D eigenvalue weighted by molar-refractivity contribution is 0.480. The zero-order chi connectivity index (χ0) is 17.5. The Balaban J connectivity index is 1.63. The quantitative estimate of drug-likeness (QED) is 0.785. The second kappa shape index (κ2) is 6.36. The number of anilines is 1. The highest BCUT2D eigenvalue weighted by atomic mass is 15.3. The van der Waals surface area contributed by atoms with Crippen LogP contribution in [0, 0.1) is 5.92 Å². The molecule has 6 nitrogen and oxygen atoms in total. The molecule has 1 aliphatic carbocycles. The van der Waals surface area contributed by atoms with Crippen molar-refractivity contribution in [2.75, 3.05) is 24.5 Å². The van der Waals surface area contributed by atoms with Gasteiger partial charge in [-0.25, -0.2) is 9.50 Å². The van der Waals surface area contributed by atoms with Gasteiger partial charge < -0.3 is 10.2 Å². The molecule has 1 aliphatic heterocycles. The maximum Gasteiger partial charge on any atom is 0.157 e. The number of pyridine rings is 1. The lowest BCUT2D eigenvalue weighted by Gasteiger charge is -2.33. The summed E-state index contributed by atoms with van der Waals surface area (Å²) in [4.78, 5) is 11.3. The number of hydrogen-bond donors (Lipinski definition) is 1. The smallest absolute Gasteiger partial charge is 0.157 e. The maximum atomic E-state index is 4.99. The molecule has 1 saturated heterocycles. The third-order valence-corrected chi connectivity index (χ3v) is 5.41. The third kappa shape index (κ3) is 2.94. The van der Waals surface area contributed by atoms with Crippen molar-refractivity contribution in [2.45, 2.75) is 32.2 Å². The van der Waals surface area contributed by atoms with Crippen molar-refractivity contribution in [1.82, 2.24) is 24.9 Å². The molecule has 5 rings (SSSR count). The Labute approximate surface area is 153 Å². The molecule has 1 atom stereocenters. The first-order chi connectivity index (χ1) is 12.8. The van der Waals surface area contributed by atoms with Gasteiger partial charge in [0.05, 0.1) is 11.9 Å². The van der Waals surface area contributed by atoms with Crippen molar-refractivity contribution in [3.8, 4) is 11.3 Å². The van der Waals surface area contributed by atoms with Crippen LogP contribution in [-0.2, 0) is 6.42 Å². The molecule has 0 spiro atoms. The van der Waals surface area contributed by atoms with E-state index in [0.29, 0.717) is 6.04 Å². The molecule has 0 unspecified atom stereocenters. The van der Waals surface area contributed by atoms with E-state index in [2.05, 4.69) is 28.2 Å². The fraction of sp³-hybridized carbons (Fsp3) is 0.450. The molecule has 134 valence electrons. The van der Waals surface area contributed by atoms with Crippen LogP contribution >= 0.6 is 0 Å². The topological polar surface area (TPSA) is 58.4 Å². The highest BCUT2D eigenvalue weighted by molar-refractivity contribution is 5.65. The standard InChI is InChI=1S/C20H24N6/c1-14-13-25(9-8-22-14)19-11-17(10-15-2-3-15)20-23-12-18(26(20)24-19)16-4-6-21-7-5-16/h4-7,11-12,14-15,22H,2-3,8-10,13H2,1H3/t14-/m1/s1. The summed E-state index contributed by atoms with van der Waals surface area (Å²) in [5.74, 6) is 1.88. The van der Waals surface area contributed by atoms with Crippen molar-refractivity contribution in [1.29, 1.82) is 0 Å². The van der Waals surface area contributed by atoms with Crippen LogP contribution in [0.3, 0.4) is 0 Å². The van der Waals surface area contributed by atoms with Crippen molar-refractivity contribution < 1.29 is 0 Å². The Kier molecular flexibility index (Phi) is 3.85. The zero-order valence-corrected chi connectivity index (χ0v) is 15.1. The normalized spacial score (nSPS) is 20.7. The number of aromatic nitrogens is 4. The van der Waals surface area contributed by atoms with Gasteiger partial charge in [-0.05, 0) is 50.3 Å². The number of nitrogens with zero attached hydrogens (tertiary/aromatic N) is 5. The molecule has 4 heterocycles. The Morgan fingerprint density at radius 2 is 2.08 bits per heavy atom. The van der Waals surface area contributed by atoms with Crippen LogP contribution in [0.4, 0.5) is 5.82 Å². The van der Waals surface area contributed by atoms with E-state index in [-0.39, 0.29) is 0 Å². The molecular weight excluding hydrogens is 324 g/mol. The van der Waals surface area contributed by atoms with Crippen LogP contribution in [0.1, 0.15) is 25.3 Å². The number of piperazine rings is 1. The van der Waals surface area contributed by atoms with E-state index >= 15 is 0 Å². The van der Waals surface area contributed by atoms with E-state index in [4.69, 9.17) is 10.1 Å². The van der Waals surface area contributed by atoms with E-state index in [0.717, 1.165) is 54.7 Å². The Hall–Kier alpha value is -2.47. The number of hydrogen-bond acceptors (Lipinski definition) is 5. The summed E-state index contributed by atoms with van der Waals surface area (Å²) in [5.41, 5.74) is 4.45. The minimum absolute atomic E-state index is 0.482. The van der Waals surface area contributed by atoms with Crippen molar-refractivity contribution in [3.63, 3.8) is 0 Å². The van der Waals surface area contributed by atoms with E-state index in [9.17, 15) is 0 Å². The van der Waals surface area contributed by atoms with Crippen molar-refractivity contribution in [3.05, 3.63) is 42.4 Å². The highest BCUT2D eigenvalue weighted by Gasteiger charge is 2.25. The first kappa shape index (κ1) is 15.8. The molecule has 0 bridgehead atoms. The Morgan fingerprint density at radius 3 is 2.85 bits per heavy atom. The van der Waals surface area contributed by atoms with E-state index in [1.807, 2.05) is 35.2 Å². The highest BCUT2D eigenvalue weighted by Crippen LogP contribution is 2.35. The monoisotopic (exact) mass is 348 g/mol. The van der Waals surface area contributed by atoms with Crippen LogP contribution in [0.25, 0.3) is 16.9 Å². The van der Waals surface area contributed by atoms with Gasteiger partial charge in [-0.15, -0.1) is 5.10 Å². The Morgan fingerprint density at radius 1 is 1.23 bits per heavy atom. The first-order valence-corrected chi connectivity index (χ1v) is 9.54. The summed E-state index contributed by atoms with van der Waals surface area (Å²) in [7, 11) is 0. The Bertz CT molecular complexity index is 915. The molecule has 3 aromatic rings. The second-order valence-electron chi connectivity index (χ2n) is 7.59. The average molecular weight is 348 g/mol. The van der Waals surface area contributed by atoms with Crippen LogP contribution in [-0.4, -0.2) is 45.3 Å². The second-order valence-corrected chi connectivity index (χ2v) is 7.59. The van der Waals surface area contributed by atoms with E-state index in [1.54, 1.807) is 0 Å². The summed E-state index contributed by atoms with van der Waals surface area (Å²) in [6.07, 6.45) is 9.37. The molecule has 1 saturated carbocycles. The summed E-state index contributed by atoms with van der Waals surface area (Å²) >= 11 is 0. The fourth-order valence-electron chi connectivity index (χ4n) is 3.82. The average Bonchev–Trinajstić information content (AvgIpc) is 3.38. The number of nitrogens with one attached hydrogen (secondary N) is 1. The minimum atomic E-state index is 0.482. The molecule has 0 radical (unpaired) electrons. The molecule has 6 heteroatoms. The van der Waals surface area contributed by atoms with Gasteiger partial charge in [0.25, 0.3) is 0 Å². The predicted octanol–water partition coefficient (Wildman–Crippen LogP) is 2.54. The van der Waals surface area contributed by atoms with Gasteiger partial charge in [0, 0.05) is 49.2 Å². The van der Waals surface area contributed by atoms with Crippen molar-refractivity contribution in [2.24, 2.45) is 5.92 Å². The summed E-state index contributed by atoms with van der Waals surface area (Å²) in [6.45, 7) is 5.21. The van der Waals surface area contributed by atoms with Gasteiger partial charge in [-0.2, -0.15) is 0 Å². The minimum Gasteiger partial charge on any atom is -0.352 e. The largest absolute Gasteiger partial charge is 0.352 e. The third-order valence-electron chi connectivity index (χ3n) is 5.41. The van der Waals surface area contributed by atoms with Gasteiger partial charge >= 0.3 is 0 Å². The summed E-state index contributed by atoms with van der Waals surface area (Å²) in [6, 6.07) is 6.79. The van der Waals surface area contributed by atoms with Gasteiger partial charge in [0.1, 0.15) is 5.82 Å².